The Labute approximate surface area is 103 Å². The first-order valence-electron chi connectivity index (χ1n) is 4.50. The van der Waals surface area contributed by atoms with Crippen LogP contribution in [0.2, 0.25) is 0 Å². The Hall–Kier alpha value is -0.540. The number of alkyl halides is 2. The molecule has 1 rings (SSSR count). The van der Waals surface area contributed by atoms with Gasteiger partial charge in [-0.2, -0.15) is 0 Å². The average Bonchev–Trinajstić information content (AvgIpc) is 2.29. The summed E-state index contributed by atoms with van der Waals surface area (Å²) in [7, 11) is 1.59. The van der Waals surface area contributed by atoms with Gasteiger partial charge in [0.25, 0.3) is 0 Å². The van der Waals surface area contributed by atoms with Crippen molar-refractivity contribution in [2.75, 3.05) is 12.4 Å². The number of methoxy groups -OCH3 is 1. The fourth-order valence-corrected chi connectivity index (χ4v) is 1.64. The van der Waals surface area contributed by atoms with E-state index >= 15 is 0 Å². The summed E-state index contributed by atoms with van der Waals surface area (Å²) in [6, 6.07) is 5.66. The number of halogens is 2. The summed E-state index contributed by atoms with van der Waals surface area (Å²) in [5.41, 5.74) is 1.89. The van der Waals surface area contributed by atoms with Gasteiger partial charge in [0.15, 0.2) is 0 Å². The van der Waals surface area contributed by atoms with Gasteiger partial charge in [-0.1, -0.05) is 28.1 Å². The number of carbonyl (C=O) groups excluding carboxylic acids is 1. The second-order valence-corrected chi connectivity index (χ2v) is 3.96. The third-order valence-electron chi connectivity index (χ3n) is 2.04. The van der Waals surface area contributed by atoms with Gasteiger partial charge in [0.05, 0.1) is 12.4 Å². The quantitative estimate of drug-likeness (QED) is 0.780. The Balaban J connectivity index is 2.92. The molecule has 0 saturated heterocycles. The van der Waals surface area contributed by atoms with Crippen LogP contribution < -0.4 is 4.74 Å². The van der Waals surface area contributed by atoms with Crippen LogP contribution in [0.1, 0.15) is 11.1 Å². The fourth-order valence-electron chi connectivity index (χ4n) is 1.28. The minimum atomic E-state index is 0.131. The molecule has 0 amide bonds. The molecule has 0 aromatic heterocycles. The second kappa shape index (κ2) is 6.13. The summed E-state index contributed by atoms with van der Waals surface area (Å²) >= 11 is 8.85. The molecule has 2 nitrogen and oxygen atoms in total. The molecule has 0 aliphatic rings. The van der Waals surface area contributed by atoms with Crippen LogP contribution in [-0.4, -0.2) is 18.2 Å². The van der Waals surface area contributed by atoms with Crippen LogP contribution in [0.5, 0.6) is 5.75 Å². The van der Waals surface area contributed by atoms with Crippen molar-refractivity contribution in [2.45, 2.75) is 12.3 Å². The lowest BCUT2D eigenvalue weighted by Crippen LogP contribution is -2.05. The number of hydrogen-bond acceptors (Lipinski definition) is 2. The van der Waals surface area contributed by atoms with Crippen LogP contribution in [0, 0.1) is 0 Å². The van der Waals surface area contributed by atoms with Gasteiger partial charge in [-0.15, -0.1) is 11.6 Å². The predicted octanol–water partition coefficient (Wildman–Crippen LogP) is 2.94. The summed E-state index contributed by atoms with van der Waals surface area (Å²) in [6.07, 6.45) is 0.386. The number of ketones is 1. The van der Waals surface area contributed by atoms with Crippen LogP contribution in [0.3, 0.4) is 0 Å². The lowest BCUT2D eigenvalue weighted by atomic mass is 10.1. The smallest absolute Gasteiger partial charge is 0.147 e. The Bertz CT molecular complexity index is 352. The van der Waals surface area contributed by atoms with Crippen molar-refractivity contribution in [1.29, 1.82) is 0 Å². The molecule has 4 heteroatoms. The molecule has 0 N–H and O–H groups in total. The van der Waals surface area contributed by atoms with Gasteiger partial charge in [0.2, 0.25) is 0 Å². The normalized spacial score (nSPS) is 10.1. The highest BCUT2D eigenvalue weighted by Crippen LogP contribution is 2.22. The first kappa shape index (κ1) is 12.5. The molecule has 0 atom stereocenters. The minimum absolute atomic E-state index is 0.131. The fraction of sp³-hybridized carbons (Fsp3) is 0.364. The van der Waals surface area contributed by atoms with E-state index in [0.29, 0.717) is 17.6 Å². The number of Topliss-reactive ketones (excluding diaryl/α,β-unsaturated/α-hetero) is 1. The van der Waals surface area contributed by atoms with Crippen LogP contribution in [0.4, 0.5) is 0 Å². The summed E-state index contributed by atoms with van der Waals surface area (Å²) < 4.78 is 5.21. The first-order chi connectivity index (χ1) is 7.21. The summed E-state index contributed by atoms with van der Waals surface area (Å²) in [5.74, 6) is 1.30. The van der Waals surface area contributed by atoms with E-state index < -0.39 is 0 Å². The van der Waals surface area contributed by atoms with Gasteiger partial charge in [-0.3, -0.25) is 4.79 Å². The van der Waals surface area contributed by atoms with Crippen molar-refractivity contribution in [1.82, 2.24) is 0 Å². The highest BCUT2D eigenvalue weighted by Gasteiger charge is 2.08. The van der Waals surface area contributed by atoms with Crippen molar-refractivity contribution in [2.24, 2.45) is 0 Å². The topological polar surface area (TPSA) is 26.3 Å². The Morgan fingerprint density at radius 2 is 2.27 bits per heavy atom. The SMILES string of the molecule is COc1cc(CCl)ccc1CC(=O)CBr. The molecule has 1 aromatic carbocycles. The zero-order chi connectivity index (χ0) is 11.3. The van der Waals surface area contributed by atoms with E-state index in [2.05, 4.69) is 15.9 Å². The van der Waals surface area contributed by atoms with E-state index in [9.17, 15) is 4.79 Å². The zero-order valence-electron chi connectivity index (χ0n) is 8.43. The highest BCUT2D eigenvalue weighted by molar-refractivity contribution is 9.09. The van der Waals surface area contributed by atoms with E-state index in [0.717, 1.165) is 16.9 Å². The van der Waals surface area contributed by atoms with E-state index in [1.165, 1.54) is 0 Å². The van der Waals surface area contributed by atoms with Crippen molar-refractivity contribution >= 4 is 33.3 Å². The molecule has 0 aliphatic heterocycles. The van der Waals surface area contributed by atoms with Gasteiger partial charge in [-0.05, 0) is 11.6 Å². The zero-order valence-corrected chi connectivity index (χ0v) is 10.8. The molecular weight excluding hydrogens is 279 g/mol. The molecule has 82 valence electrons. The maximum atomic E-state index is 11.3. The van der Waals surface area contributed by atoms with Gasteiger partial charge < -0.3 is 4.74 Å². The maximum Gasteiger partial charge on any atom is 0.147 e. The number of rotatable bonds is 5. The van der Waals surface area contributed by atoms with Gasteiger partial charge in [-0.25, -0.2) is 0 Å². The number of carbonyl (C=O) groups is 1. The van der Waals surface area contributed by atoms with Crippen molar-refractivity contribution in [3.63, 3.8) is 0 Å². The second-order valence-electron chi connectivity index (χ2n) is 3.13. The van der Waals surface area contributed by atoms with Crippen LogP contribution in [0.15, 0.2) is 18.2 Å². The standard InChI is InChI=1S/C11H12BrClO2/c1-15-11-4-8(7-13)2-3-9(11)5-10(14)6-12/h2-4H,5-7H2,1H3. The van der Waals surface area contributed by atoms with Crippen LogP contribution in [-0.2, 0) is 17.1 Å². The lowest BCUT2D eigenvalue weighted by Gasteiger charge is -2.08. The molecule has 0 aliphatic carbocycles. The molecule has 0 bridgehead atoms. The largest absolute Gasteiger partial charge is 0.496 e. The molecule has 0 unspecified atom stereocenters. The third kappa shape index (κ3) is 3.50. The third-order valence-corrected chi connectivity index (χ3v) is 2.98. The molecule has 0 radical (unpaired) electrons. The Morgan fingerprint density at radius 1 is 1.53 bits per heavy atom. The Kier molecular flexibility index (Phi) is 5.12. The average molecular weight is 292 g/mol. The predicted molar refractivity (Wildman–Crippen MR) is 65.1 cm³/mol. The molecule has 15 heavy (non-hydrogen) atoms. The van der Waals surface area contributed by atoms with E-state index in [4.69, 9.17) is 16.3 Å². The molecule has 0 heterocycles. The molecular formula is C11H12BrClO2. The number of ether oxygens (including phenoxy) is 1. The monoisotopic (exact) mass is 290 g/mol. The number of hydrogen-bond donors (Lipinski definition) is 0. The van der Waals surface area contributed by atoms with Crippen molar-refractivity contribution in [3.8, 4) is 5.75 Å². The molecule has 0 spiro atoms. The summed E-state index contributed by atoms with van der Waals surface area (Å²) in [5, 5.41) is 0.368. The summed E-state index contributed by atoms with van der Waals surface area (Å²) in [4.78, 5) is 11.3. The van der Waals surface area contributed by atoms with Crippen molar-refractivity contribution < 1.29 is 9.53 Å². The molecule has 1 aromatic rings. The van der Waals surface area contributed by atoms with Crippen LogP contribution >= 0.6 is 27.5 Å². The number of benzene rings is 1. The van der Waals surface area contributed by atoms with Gasteiger partial charge >= 0.3 is 0 Å². The maximum absolute atomic E-state index is 11.3. The van der Waals surface area contributed by atoms with Gasteiger partial charge in [0.1, 0.15) is 11.5 Å². The van der Waals surface area contributed by atoms with Crippen molar-refractivity contribution in [3.05, 3.63) is 29.3 Å². The minimum Gasteiger partial charge on any atom is -0.496 e. The van der Waals surface area contributed by atoms with E-state index in [-0.39, 0.29) is 5.78 Å². The molecule has 0 saturated carbocycles. The van der Waals surface area contributed by atoms with E-state index in [1.54, 1.807) is 7.11 Å². The molecule has 0 fully saturated rings. The highest BCUT2D eigenvalue weighted by atomic mass is 79.9. The van der Waals surface area contributed by atoms with E-state index in [1.807, 2.05) is 18.2 Å². The Morgan fingerprint density at radius 3 is 2.80 bits per heavy atom. The summed E-state index contributed by atoms with van der Waals surface area (Å²) in [6.45, 7) is 0. The van der Waals surface area contributed by atoms with Gasteiger partial charge in [0, 0.05) is 17.9 Å². The van der Waals surface area contributed by atoms with Crippen LogP contribution in [0.25, 0.3) is 0 Å². The first-order valence-corrected chi connectivity index (χ1v) is 6.16. The lowest BCUT2D eigenvalue weighted by molar-refractivity contribution is -0.115.